The van der Waals surface area contributed by atoms with Gasteiger partial charge in [-0.1, -0.05) is 30.3 Å². The molecule has 34 heavy (non-hydrogen) atoms. The predicted molar refractivity (Wildman–Crippen MR) is 126 cm³/mol. The maximum Gasteiger partial charge on any atom is 0.252 e. The molecule has 0 aromatic heterocycles. The molecule has 0 radical (unpaired) electrons. The summed E-state index contributed by atoms with van der Waals surface area (Å²) >= 11 is 0. The van der Waals surface area contributed by atoms with Crippen LogP contribution in [0.25, 0.3) is 0 Å². The average molecular weight is 463 g/mol. The van der Waals surface area contributed by atoms with E-state index < -0.39 is 6.04 Å². The minimum absolute atomic E-state index is 0.0569. The summed E-state index contributed by atoms with van der Waals surface area (Å²) in [6.45, 7) is 1.01. The van der Waals surface area contributed by atoms with Gasteiger partial charge >= 0.3 is 0 Å². The first-order valence-electron chi connectivity index (χ1n) is 11.2. The number of rotatable bonds is 7. The molecule has 1 fully saturated rings. The number of ether oxygens (including phenoxy) is 2. The van der Waals surface area contributed by atoms with Gasteiger partial charge in [-0.05, 0) is 54.1 Å². The molecule has 4 rings (SSSR count). The lowest BCUT2D eigenvalue weighted by molar-refractivity contribution is -0.135. The van der Waals surface area contributed by atoms with Gasteiger partial charge in [0.1, 0.15) is 29.5 Å². The zero-order chi connectivity index (χ0) is 23.9. The third kappa shape index (κ3) is 5.73. The molecule has 1 unspecified atom stereocenters. The van der Waals surface area contributed by atoms with Gasteiger partial charge in [0.25, 0.3) is 5.91 Å². The van der Waals surface area contributed by atoms with Crippen molar-refractivity contribution in [1.82, 2.24) is 10.2 Å². The van der Waals surface area contributed by atoms with Gasteiger partial charge in [0.15, 0.2) is 0 Å². The normalized spacial score (nSPS) is 14.8. The van der Waals surface area contributed by atoms with Crippen molar-refractivity contribution in [2.45, 2.75) is 25.0 Å². The molecule has 0 spiro atoms. The van der Waals surface area contributed by atoms with Crippen LogP contribution < -0.4 is 14.8 Å². The van der Waals surface area contributed by atoms with E-state index in [9.17, 15) is 14.0 Å². The Balaban J connectivity index is 1.42. The average Bonchev–Trinajstić information content (AvgIpc) is 2.89. The fourth-order valence-corrected chi connectivity index (χ4v) is 3.97. The minimum atomic E-state index is -0.801. The minimum Gasteiger partial charge on any atom is -0.497 e. The van der Waals surface area contributed by atoms with E-state index in [1.165, 1.54) is 12.1 Å². The van der Waals surface area contributed by atoms with Crippen molar-refractivity contribution < 1.29 is 23.5 Å². The zero-order valence-electron chi connectivity index (χ0n) is 18.9. The van der Waals surface area contributed by atoms with E-state index in [1.54, 1.807) is 48.4 Å². The summed E-state index contributed by atoms with van der Waals surface area (Å²) in [6, 6.07) is 21.1. The molecule has 1 saturated heterocycles. The maximum absolute atomic E-state index is 13.5. The molecule has 1 heterocycles. The molecule has 1 N–H and O–H groups in total. The molecule has 3 aromatic rings. The summed E-state index contributed by atoms with van der Waals surface area (Å²) in [6.07, 6.45) is 1.24. The Morgan fingerprint density at radius 1 is 0.912 bits per heavy atom. The van der Waals surface area contributed by atoms with Crippen LogP contribution in [0, 0.1) is 5.82 Å². The van der Waals surface area contributed by atoms with Crippen molar-refractivity contribution in [1.29, 1.82) is 0 Å². The number of carbonyl (C=O) groups excluding carboxylic acids is 2. The number of amides is 2. The van der Waals surface area contributed by atoms with Crippen LogP contribution in [0.15, 0.2) is 78.9 Å². The quantitative estimate of drug-likeness (QED) is 0.566. The van der Waals surface area contributed by atoms with Gasteiger partial charge < -0.3 is 19.7 Å². The molecular weight excluding hydrogens is 435 g/mol. The van der Waals surface area contributed by atoms with Crippen LogP contribution in [0.5, 0.6) is 11.5 Å². The van der Waals surface area contributed by atoms with E-state index in [0.717, 1.165) is 5.56 Å². The first-order chi connectivity index (χ1) is 16.5. The monoisotopic (exact) mass is 462 g/mol. The SMILES string of the molecule is COc1ccc(C(=O)NC(C(=O)N2CCC(Oc3ccc(F)cc3)CC2)c2ccccc2)cc1. The number of hydrogen-bond donors (Lipinski definition) is 1. The lowest BCUT2D eigenvalue weighted by Gasteiger charge is -2.34. The van der Waals surface area contributed by atoms with Crippen LogP contribution in [0.1, 0.15) is 34.8 Å². The number of methoxy groups -OCH3 is 1. The topological polar surface area (TPSA) is 67.9 Å². The van der Waals surface area contributed by atoms with E-state index in [-0.39, 0.29) is 23.7 Å². The van der Waals surface area contributed by atoms with E-state index in [1.807, 2.05) is 30.3 Å². The highest BCUT2D eigenvalue weighted by Gasteiger charge is 2.31. The second-order valence-electron chi connectivity index (χ2n) is 8.14. The molecule has 0 bridgehead atoms. The Morgan fingerprint density at radius 2 is 1.53 bits per heavy atom. The van der Waals surface area contributed by atoms with E-state index >= 15 is 0 Å². The molecule has 1 atom stereocenters. The molecule has 176 valence electrons. The maximum atomic E-state index is 13.5. The summed E-state index contributed by atoms with van der Waals surface area (Å²) in [5, 5.41) is 2.90. The molecule has 2 amide bonds. The Kier molecular flexibility index (Phi) is 7.42. The number of piperidine rings is 1. The van der Waals surface area contributed by atoms with Crippen molar-refractivity contribution in [2.24, 2.45) is 0 Å². The molecule has 1 aliphatic rings. The van der Waals surface area contributed by atoms with Gasteiger partial charge in [-0.15, -0.1) is 0 Å². The number of carbonyl (C=O) groups is 2. The third-order valence-corrected chi connectivity index (χ3v) is 5.88. The van der Waals surface area contributed by atoms with Gasteiger partial charge in [0, 0.05) is 31.5 Å². The number of nitrogens with zero attached hydrogens (tertiary/aromatic N) is 1. The second-order valence-corrected chi connectivity index (χ2v) is 8.14. The fraction of sp³-hybridized carbons (Fsp3) is 0.259. The fourth-order valence-electron chi connectivity index (χ4n) is 3.97. The number of likely N-dealkylation sites (tertiary alicyclic amines) is 1. The highest BCUT2D eigenvalue weighted by Crippen LogP contribution is 2.23. The smallest absolute Gasteiger partial charge is 0.252 e. The second kappa shape index (κ2) is 10.8. The molecular formula is C27H27FN2O4. The van der Waals surface area contributed by atoms with Crippen molar-refractivity contribution in [3.63, 3.8) is 0 Å². The van der Waals surface area contributed by atoms with Gasteiger partial charge in [-0.25, -0.2) is 4.39 Å². The van der Waals surface area contributed by atoms with Crippen LogP contribution in [-0.4, -0.2) is 43.0 Å². The van der Waals surface area contributed by atoms with Gasteiger partial charge in [0.2, 0.25) is 5.91 Å². The molecule has 0 saturated carbocycles. The Bertz CT molecular complexity index is 1100. The van der Waals surface area contributed by atoms with Crippen LogP contribution in [0.2, 0.25) is 0 Å². The van der Waals surface area contributed by atoms with Gasteiger partial charge in [-0.3, -0.25) is 9.59 Å². The summed E-state index contributed by atoms with van der Waals surface area (Å²) in [7, 11) is 1.56. The lowest BCUT2D eigenvalue weighted by Crippen LogP contribution is -2.47. The van der Waals surface area contributed by atoms with Crippen LogP contribution >= 0.6 is 0 Å². The number of benzene rings is 3. The van der Waals surface area contributed by atoms with Crippen molar-refractivity contribution in [2.75, 3.05) is 20.2 Å². The summed E-state index contributed by atoms with van der Waals surface area (Å²) in [5.74, 6) is 0.460. The Morgan fingerprint density at radius 3 is 2.15 bits per heavy atom. The van der Waals surface area contributed by atoms with E-state index in [0.29, 0.717) is 43.0 Å². The zero-order valence-corrected chi connectivity index (χ0v) is 18.9. The van der Waals surface area contributed by atoms with Crippen molar-refractivity contribution in [3.05, 3.63) is 95.8 Å². The van der Waals surface area contributed by atoms with Crippen LogP contribution in [-0.2, 0) is 4.79 Å². The molecule has 1 aliphatic heterocycles. The summed E-state index contributed by atoms with van der Waals surface area (Å²) in [5.41, 5.74) is 1.17. The van der Waals surface area contributed by atoms with E-state index in [2.05, 4.69) is 5.32 Å². The standard InChI is InChI=1S/C27H27FN2O4/c1-33-22-11-7-20(8-12-22)26(31)29-25(19-5-3-2-4-6-19)27(32)30-17-15-24(16-18-30)34-23-13-9-21(28)10-14-23/h2-14,24-25H,15-18H2,1H3,(H,29,31). The van der Waals surface area contributed by atoms with Gasteiger partial charge in [-0.2, -0.15) is 0 Å². The Hall–Kier alpha value is -3.87. The number of halogens is 1. The largest absolute Gasteiger partial charge is 0.497 e. The van der Waals surface area contributed by atoms with Crippen LogP contribution in [0.3, 0.4) is 0 Å². The van der Waals surface area contributed by atoms with E-state index in [4.69, 9.17) is 9.47 Å². The number of hydrogen-bond acceptors (Lipinski definition) is 4. The number of nitrogens with one attached hydrogen (secondary N) is 1. The summed E-state index contributed by atoms with van der Waals surface area (Å²) in [4.78, 5) is 28.2. The first-order valence-corrected chi connectivity index (χ1v) is 11.2. The van der Waals surface area contributed by atoms with Crippen molar-refractivity contribution >= 4 is 11.8 Å². The first kappa shape index (κ1) is 23.3. The molecule has 3 aromatic carbocycles. The van der Waals surface area contributed by atoms with Gasteiger partial charge in [0.05, 0.1) is 7.11 Å². The molecule has 6 nitrogen and oxygen atoms in total. The molecule has 0 aliphatic carbocycles. The third-order valence-electron chi connectivity index (χ3n) is 5.88. The van der Waals surface area contributed by atoms with Crippen LogP contribution in [0.4, 0.5) is 4.39 Å². The molecule has 7 heteroatoms. The summed E-state index contributed by atoms with van der Waals surface area (Å²) < 4.78 is 24.2. The lowest BCUT2D eigenvalue weighted by atomic mass is 10.0. The highest BCUT2D eigenvalue weighted by molar-refractivity contribution is 5.98. The Labute approximate surface area is 198 Å². The highest BCUT2D eigenvalue weighted by atomic mass is 19.1. The predicted octanol–water partition coefficient (Wildman–Crippen LogP) is 4.38. The van der Waals surface area contributed by atoms with Crippen molar-refractivity contribution in [3.8, 4) is 11.5 Å².